The lowest BCUT2D eigenvalue weighted by atomic mass is 10.0. The van der Waals surface area contributed by atoms with Crippen LogP contribution in [0.5, 0.6) is 0 Å². The first kappa shape index (κ1) is 23.9. The van der Waals surface area contributed by atoms with Crippen LogP contribution in [0.4, 0.5) is 5.13 Å². The first-order valence-electron chi connectivity index (χ1n) is 10.9. The summed E-state index contributed by atoms with van der Waals surface area (Å²) in [6.07, 6.45) is 0. The SMILES string of the molecule is Cc1cccc(C(=O)N[C@H](c2nnc(SCC(=O)Nc3nc4ccccc4s3)n2C)C(C)C)c1. The van der Waals surface area contributed by atoms with Crippen molar-refractivity contribution < 1.29 is 9.59 Å². The first-order valence-corrected chi connectivity index (χ1v) is 12.7. The number of carbonyl (C=O) groups excluding carboxylic acids is 2. The van der Waals surface area contributed by atoms with Gasteiger partial charge in [-0.3, -0.25) is 9.59 Å². The Balaban J connectivity index is 1.41. The van der Waals surface area contributed by atoms with Gasteiger partial charge >= 0.3 is 0 Å². The predicted molar refractivity (Wildman–Crippen MR) is 136 cm³/mol. The zero-order valence-electron chi connectivity index (χ0n) is 19.4. The number of nitrogens with zero attached hydrogens (tertiary/aromatic N) is 4. The van der Waals surface area contributed by atoms with Gasteiger partial charge in [0.2, 0.25) is 5.91 Å². The van der Waals surface area contributed by atoms with Gasteiger partial charge < -0.3 is 15.2 Å². The second-order valence-electron chi connectivity index (χ2n) is 8.29. The number of aromatic nitrogens is 4. The number of hydrogen-bond donors (Lipinski definition) is 2. The van der Waals surface area contributed by atoms with Gasteiger partial charge in [-0.1, -0.05) is 66.8 Å². The van der Waals surface area contributed by atoms with E-state index in [9.17, 15) is 9.59 Å². The quantitative estimate of drug-likeness (QED) is 0.347. The van der Waals surface area contributed by atoms with Gasteiger partial charge in [0.1, 0.15) is 0 Å². The van der Waals surface area contributed by atoms with Crippen molar-refractivity contribution in [3.05, 3.63) is 65.5 Å². The highest BCUT2D eigenvalue weighted by molar-refractivity contribution is 7.99. The van der Waals surface area contributed by atoms with Crippen molar-refractivity contribution in [3.8, 4) is 0 Å². The minimum atomic E-state index is -0.323. The molecule has 4 rings (SSSR count). The van der Waals surface area contributed by atoms with Crippen molar-refractivity contribution in [2.45, 2.75) is 32.0 Å². The maximum atomic E-state index is 12.8. The number of thioether (sulfide) groups is 1. The van der Waals surface area contributed by atoms with Gasteiger partial charge in [-0.05, 0) is 37.1 Å². The van der Waals surface area contributed by atoms with Crippen molar-refractivity contribution in [2.75, 3.05) is 11.1 Å². The fraction of sp³-hybridized carbons (Fsp3) is 0.292. The molecule has 0 unspecified atom stereocenters. The molecule has 0 fully saturated rings. The Kier molecular flexibility index (Phi) is 7.28. The third kappa shape index (κ3) is 5.45. The molecule has 4 aromatic rings. The Morgan fingerprint density at radius 3 is 2.65 bits per heavy atom. The molecule has 10 heteroatoms. The number of hydrogen-bond acceptors (Lipinski definition) is 7. The molecule has 2 heterocycles. The summed E-state index contributed by atoms with van der Waals surface area (Å²) in [6.45, 7) is 6.00. The van der Waals surface area contributed by atoms with Crippen molar-refractivity contribution in [1.29, 1.82) is 0 Å². The number of fused-ring (bicyclic) bond motifs is 1. The van der Waals surface area contributed by atoms with E-state index in [4.69, 9.17) is 0 Å². The van der Waals surface area contributed by atoms with Gasteiger partial charge in [0, 0.05) is 12.6 Å². The molecule has 2 N–H and O–H groups in total. The summed E-state index contributed by atoms with van der Waals surface area (Å²) in [6, 6.07) is 14.9. The zero-order valence-corrected chi connectivity index (χ0v) is 21.0. The highest BCUT2D eigenvalue weighted by Crippen LogP contribution is 2.27. The van der Waals surface area contributed by atoms with Crippen molar-refractivity contribution in [3.63, 3.8) is 0 Å². The van der Waals surface area contributed by atoms with E-state index in [1.54, 1.807) is 6.07 Å². The summed E-state index contributed by atoms with van der Waals surface area (Å²) in [7, 11) is 1.84. The molecule has 0 saturated carbocycles. The number of rotatable bonds is 8. The number of aryl methyl sites for hydroxylation is 1. The molecule has 0 saturated heterocycles. The Hall–Kier alpha value is -3.24. The minimum absolute atomic E-state index is 0.0943. The second kappa shape index (κ2) is 10.4. The minimum Gasteiger partial charge on any atom is -0.342 e. The van der Waals surface area contributed by atoms with Crippen molar-refractivity contribution in [1.82, 2.24) is 25.1 Å². The first-order chi connectivity index (χ1) is 16.3. The number of benzene rings is 2. The summed E-state index contributed by atoms with van der Waals surface area (Å²) < 4.78 is 2.85. The number of carbonyl (C=O) groups is 2. The molecule has 1 atom stereocenters. The molecule has 0 bridgehead atoms. The molecular weight excluding hydrogens is 468 g/mol. The number of amides is 2. The van der Waals surface area contributed by atoms with Gasteiger partial charge in [-0.15, -0.1) is 10.2 Å². The molecule has 2 aromatic heterocycles. The van der Waals surface area contributed by atoms with Crippen LogP contribution in [-0.2, 0) is 11.8 Å². The zero-order chi connectivity index (χ0) is 24.2. The summed E-state index contributed by atoms with van der Waals surface area (Å²) in [4.78, 5) is 29.7. The molecule has 2 amide bonds. The van der Waals surface area contributed by atoms with Gasteiger partial charge in [-0.2, -0.15) is 0 Å². The van der Waals surface area contributed by atoms with E-state index in [1.165, 1.54) is 23.1 Å². The van der Waals surface area contributed by atoms with E-state index in [0.29, 0.717) is 21.7 Å². The van der Waals surface area contributed by atoms with Gasteiger partial charge in [0.25, 0.3) is 5.91 Å². The van der Waals surface area contributed by atoms with E-state index < -0.39 is 0 Å². The lowest BCUT2D eigenvalue weighted by Crippen LogP contribution is -2.33. The van der Waals surface area contributed by atoms with E-state index in [-0.39, 0.29) is 29.5 Å². The average Bonchev–Trinajstić information content (AvgIpc) is 3.38. The Morgan fingerprint density at radius 1 is 1.12 bits per heavy atom. The topological polar surface area (TPSA) is 102 Å². The smallest absolute Gasteiger partial charge is 0.251 e. The number of thiazole rings is 1. The predicted octanol–water partition coefficient (Wildman–Crippen LogP) is 4.59. The van der Waals surface area contributed by atoms with E-state index >= 15 is 0 Å². The van der Waals surface area contributed by atoms with Crippen LogP contribution in [0.2, 0.25) is 0 Å². The van der Waals surface area contributed by atoms with Crippen LogP contribution in [-0.4, -0.2) is 37.3 Å². The number of para-hydroxylation sites is 1. The Morgan fingerprint density at radius 2 is 1.91 bits per heavy atom. The van der Waals surface area contributed by atoms with Crippen molar-refractivity contribution >= 4 is 50.3 Å². The normalized spacial score (nSPS) is 12.1. The highest BCUT2D eigenvalue weighted by Gasteiger charge is 2.25. The monoisotopic (exact) mass is 494 g/mol. The molecule has 0 spiro atoms. The molecule has 176 valence electrons. The molecular formula is C24H26N6O2S2. The van der Waals surface area contributed by atoms with Gasteiger partial charge in [-0.25, -0.2) is 4.98 Å². The summed E-state index contributed by atoms with van der Waals surface area (Å²) >= 11 is 2.73. The van der Waals surface area contributed by atoms with Crippen LogP contribution in [0.15, 0.2) is 53.7 Å². The Labute approximate surface area is 206 Å². The number of anilines is 1. The molecule has 0 aliphatic carbocycles. The molecule has 0 aliphatic rings. The fourth-order valence-electron chi connectivity index (χ4n) is 3.47. The largest absolute Gasteiger partial charge is 0.342 e. The Bertz CT molecular complexity index is 1300. The van der Waals surface area contributed by atoms with Crippen LogP contribution in [0, 0.1) is 12.8 Å². The van der Waals surface area contributed by atoms with Crippen LogP contribution in [0.25, 0.3) is 10.2 Å². The molecule has 2 aromatic carbocycles. The van der Waals surface area contributed by atoms with Crippen LogP contribution < -0.4 is 10.6 Å². The van der Waals surface area contributed by atoms with E-state index in [2.05, 4.69) is 25.8 Å². The third-order valence-corrected chi connectivity index (χ3v) is 7.22. The lowest BCUT2D eigenvalue weighted by Gasteiger charge is -2.21. The maximum absolute atomic E-state index is 12.8. The van der Waals surface area contributed by atoms with Gasteiger partial charge in [0.05, 0.1) is 22.0 Å². The molecule has 8 nitrogen and oxygen atoms in total. The van der Waals surface area contributed by atoms with Crippen LogP contribution >= 0.6 is 23.1 Å². The summed E-state index contributed by atoms with van der Waals surface area (Å²) in [5, 5.41) is 15.7. The van der Waals surface area contributed by atoms with Crippen LogP contribution in [0.3, 0.4) is 0 Å². The van der Waals surface area contributed by atoms with Crippen molar-refractivity contribution in [2.24, 2.45) is 13.0 Å². The molecule has 34 heavy (non-hydrogen) atoms. The van der Waals surface area contributed by atoms with Gasteiger partial charge in [0.15, 0.2) is 16.1 Å². The molecule has 0 radical (unpaired) electrons. The molecule has 0 aliphatic heterocycles. The lowest BCUT2D eigenvalue weighted by molar-refractivity contribution is -0.113. The summed E-state index contributed by atoms with van der Waals surface area (Å²) in [5.41, 5.74) is 2.49. The van der Waals surface area contributed by atoms with Crippen LogP contribution in [0.1, 0.15) is 41.6 Å². The van der Waals surface area contributed by atoms with E-state index in [1.807, 2.05) is 74.9 Å². The maximum Gasteiger partial charge on any atom is 0.251 e. The number of nitrogens with one attached hydrogen (secondary N) is 2. The standard InChI is InChI=1S/C24H26N6O2S2/c1-14(2)20(27-22(32)16-9-7-8-15(3)12-16)21-28-29-24(30(21)4)33-13-19(31)26-23-25-17-10-5-6-11-18(17)34-23/h5-12,14,20H,13H2,1-4H3,(H,27,32)(H,25,26,31)/t20-/m0/s1. The van der Waals surface area contributed by atoms with E-state index in [0.717, 1.165) is 15.8 Å². The second-order valence-corrected chi connectivity index (χ2v) is 10.3. The highest BCUT2D eigenvalue weighted by atomic mass is 32.2. The average molecular weight is 495 g/mol. The third-order valence-electron chi connectivity index (χ3n) is 5.25. The fourth-order valence-corrected chi connectivity index (χ4v) is 5.07. The summed E-state index contributed by atoms with van der Waals surface area (Å²) in [5.74, 6) is 0.586.